The van der Waals surface area contributed by atoms with Crippen molar-refractivity contribution in [3.8, 4) is 0 Å². The molecule has 0 aliphatic carbocycles. The Kier molecular flexibility index (Phi) is 4.80. The van der Waals surface area contributed by atoms with Crippen LogP contribution < -0.4 is 16.0 Å². The van der Waals surface area contributed by atoms with Crippen LogP contribution in [0.15, 0.2) is 48.5 Å². The van der Waals surface area contributed by atoms with E-state index in [1.54, 1.807) is 0 Å². The van der Waals surface area contributed by atoms with Gasteiger partial charge in [-0.2, -0.15) is 0 Å². The molecule has 2 aliphatic heterocycles. The van der Waals surface area contributed by atoms with E-state index in [0.717, 1.165) is 36.3 Å². The number of nitrogens with one attached hydrogen (secondary N) is 3. The molecule has 5 nitrogen and oxygen atoms in total. The van der Waals surface area contributed by atoms with Gasteiger partial charge in [0.05, 0.1) is 12.1 Å². The Morgan fingerprint density at radius 1 is 1.27 bits per heavy atom. The minimum Gasteiger partial charge on any atom is -0.382 e. The number of ether oxygens (including phenoxy) is 1. The van der Waals surface area contributed by atoms with E-state index in [-0.39, 0.29) is 18.2 Å². The third-order valence-corrected chi connectivity index (χ3v) is 5.21. The molecule has 5 heteroatoms. The Bertz CT molecular complexity index is 778. The average molecular weight is 351 g/mol. The van der Waals surface area contributed by atoms with Gasteiger partial charge >= 0.3 is 6.03 Å². The number of carbonyl (C=O) groups excluding carboxylic acids is 1. The molecule has 2 amide bonds. The molecule has 1 saturated heterocycles. The number of anilines is 1. The summed E-state index contributed by atoms with van der Waals surface area (Å²) in [6.45, 7) is 3.29. The fraction of sp³-hybridized carbons (Fsp3) is 0.381. The normalized spacial score (nSPS) is 21.9. The maximum absolute atomic E-state index is 12.2. The molecule has 3 atom stereocenters. The second-order valence-corrected chi connectivity index (χ2v) is 7.11. The summed E-state index contributed by atoms with van der Waals surface area (Å²) >= 11 is 0. The second kappa shape index (κ2) is 7.38. The molecule has 0 radical (unpaired) electrons. The van der Waals surface area contributed by atoms with Gasteiger partial charge in [0.15, 0.2) is 0 Å². The second-order valence-electron chi connectivity index (χ2n) is 7.11. The van der Waals surface area contributed by atoms with Gasteiger partial charge in [-0.3, -0.25) is 0 Å². The molecule has 0 spiro atoms. The van der Waals surface area contributed by atoms with Gasteiger partial charge in [0.1, 0.15) is 0 Å². The third kappa shape index (κ3) is 3.68. The molecule has 0 aromatic heterocycles. The molecular weight excluding hydrogens is 326 g/mol. The Labute approximate surface area is 154 Å². The Morgan fingerprint density at radius 2 is 2.12 bits per heavy atom. The van der Waals surface area contributed by atoms with Crippen LogP contribution in [0.4, 0.5) is 10.5 Å². The predicted octanol–water partition coefficient (Wildman–Crippen LogP) is 3.89. The van der Waals surface area contributed by atoms with Crippen molar-refractivity contribution in [2.24, 2.45) is 0 Å². The highest BCUT2D eigenvalue weighted by molar-refractivity contribution is 5.74. The van der Waals surface area contributed by atoms with Gasteiger partial charge in [0, 0.05) is 30.4 Å². The van der Waals surface area contributed by atoms with Gasteiger partial charge in [-0.1, -0.05) is 36.4 Å². The first-order valence-electron chi connectivity index (χ1n) is 9.29. The molecule has 2 aliphatic rings. The van der Waals surface area contributed by atoms with Gasteiger partial charge in [-0.15, -0.1) is 0 Å². The smallest absolute Gasteiger partial charge is 0.315 e. The summed E-state index contributed by atoms with van der Waals surface area (Å²) in [5.74, 6) is 0. The van der Waals surface area contributed by atoms with Crippen LogP contribution in [0.2, 0.25) is 0 Å². The van der Waals surface area contributed by atoms with E-state index in [4.69, 9.17) is 4.74 Å². The van der Waals surface area contributed by atoms with E-state index in [0.29, 0.717) is 12.6 Å². The van der Waals surface area contributed by atoms with Crippen molar-refractivity contribution < 1.29 is 9.53 Å². The van der Waals surface area contributed by atoms with Crippen molar-refractivity contribution >= 4 is 11.7 Å². The lowest BCUT2D eigenvalue weighted by Gasteiger charge is -2.37. The SMILES string of the molecule is CC(NC(=O)NCc1ccc2c(c1)C1CC(CCO1)N2)c1ccccc1. The number of urea groups is 1. The molecule has 2 bridgehead atoms. The minimum absolute atomic E-state index is 0.0310. The highest BCUT2D eigenvalue weighted by Gasteiger charge is 2.30. The zero-order chi connectivity index (χ0) is 17.9. The number of fused-ring (bicyclic) bond motifs is 4. The van der Waals surface area contributed by atoms with E-state index in [9.17, 15) is 4.79 Å². The molecule has 136 valence electrons. The fourth-order valence-corrected chi connectivity index (χ4v) is 3.74. The Hall–Kier alpha value is -2.53. The molecule has 2 aromatic rings. The van der Waals surface area contributed by atoms with Crippen LogP contribution in [-0.4, -0.2) is 18.7 Å². The van der Waals surface area contributed by atoms with E-state index in [2.05, 4.69) is 34.1 Å². The van der Waals surface area contributed by atoms with E-state index in [1.165, 1.54) is 5.56 Å². The standard InChI is InChI=1S/C21H25N3O2/c1-14(16-5-3-2-4-6-16)23-21(25)22-13-15-7-8-19-18(11-15)20-12-17(24-19)9-10-26-20/h2-8,11,14,17,20,24H,9-10,12-13H2,1H3,(H2,22,23,25). The highest BCUT2D eigenvalue weighted by atomic mass is 16.5. The highest BCUT2D eigenvalue weighted by Crippen LogP contribution is 2.39. The van der Waals surface area contributed by atoms with E-state index >= 15 is 0 Å². The van der Waals surface area contributed by atoms with E-state index in [1.807, 2.05) is 37.3 Å². The average Bonchev–Trinajstić information content (AvgIpc) is 2.67. The molecule has 4 rings (SSSR count). The molecule has 2 aromatic carbocycles. The predicted molar refractivity (Wildman–Crippen MR) is 102 cm³/mol. The molecule has 3 unspecified atom stereocenters. The summed E-state index contributed by atoms with van der Waals surface area (Å²) in [4.78, 5) is 12.2. The van der Waals surface area contributed by atoms with Crippen LogP contribution in [0.5, 0.6) is 0 Å². The third-order valence-electron chi connectivity index (χ3n) is 5.21. The number of carbonyl (C=O) groups is 1. The van der Waals surface area contributed by atoms with Gasteiger partial charge in [0.2, 0.25) is 0 Å². The maximum Gasteiger partial charge on any atom is 0.315 e. The Balaban J connectivity index is 1.35. The van der Waals surface area contributed by atoms with Crippen molar-refractivity contribution in [2.45, 2.75) is 44.5 Å². The topological polar surface area (TPSA) is 62.4 Å². The lowest BCUT2D eigenvalue weighted by molar-refractivity contribution is 0.00583. The molecule has 3 N–H and O–H groups in total. The van der Waals surface area contributed by atoms with Gasteiger partial charge in [-0.25, -0.2) is 4.79 Å². The number of amides is 2. The van der Waals surface area contributed by atoms with Crippen molar-refractivity contribution in [1.29, 1.82) is 0 Å². The first kappa shape index (κ1) is 16.9. The maximum atomic E-state index is 12.2. The quantitative estimate of drug-likeness (QED) is 0.783. The van der Waals surface area contributed by atoms with Crippen molar-refractivity contribution in [3.63, 3.8) is 0 Å². The zero-order valence-electron chi connectivity index (χ0n) is 15.0. The molecule has 26 heavy (non-hydrogen) atoms. The molecule has 0 saturated carbocycles. The van der Waals surface area contributed by atoms with Crippen LogP contribution in [-0.2, 0) is 11.3 Å². The minimum atomic E-state index is -0.161. The van der Waals surface area contributed by atoms with Crippen molar-refractivity contribution in [3.05, 3.63) is 65.2 Å². The largest absolute Gasteiger partial charge is 0.382 e. The van der Waals surface area contributed by atoms with Gasteiger partial charge in [-0.05, 0) is 43.0 Å². The molecule has 1 fully saturated rings. The summed E-state index contributed by atoms with van der Waals surface area (Å²) in [6, 6.07) is 16.6. The fourth-order valence-electron chi connectivity index (χ4n) is 3.74. The van der Waals surface area contributed by atoms with Crippen LogP contribution in [0.1, 0.15) is 48.6 Å². The number of rotatable bonds is 4. The zero-order valence-corrected chi connectivity index (χ0v) is 15.0. The summed E-state index contributed by atoms with van der Waals surface area (Å²) < 4.78 is 5.92. The first-order valence-corrected chi connectivity index (χ1v) is 9.29. The van der Waals surface area contributed by atoms with Crippen LogP contribution in [0, 0.1) is 0 Å². The Morgan fingerprint density at radius 3 is 2.96 bits per heavy atom. The van der Waals surface area contributed by atoms with Crippen LogP contribution in [0.25, 0.3) is 0 Å². The van der Waals surface area contributed by atoms with Crippen LogP contribution in [0.3, 0.4) is 0 Å². The first-order chi connectivity index (χ1) is 12.7. The summed E-state index contributed by atoms with van der Waals surface area (Å²) in [5, 5.41) is 9.51. The summed E-state index contributed by atoms with van der Waals surface area (Å²) in [6.07, 6.45) is 2.27. The number of benzene rings is 2. The molecule has 2 heterocycles. The van der Waals surface area contributed by atoms with Gasteiger partial charge in [0.25, 0.3) is 0 Å². The molecular formula is C21H25N3O2. The van der Waals surface area contributed by atoms with Crippen molar-refractivity contribution in [2.75, 3.05) is 11.9 Å². The van der Waals surface area contributed by atoms with Crippen molar-refractivity contribution in [1.82, 2.24) is 10.6 Å². The lowest BCUT2D eigenvalue weighted by atomic mass is 9.90. The van der Waals surface area contributed by atoms with Crippen LogP contribution >= 0.6 is 0 Å². The summed E-state index contributed by atoms with van der Waals surface area (Å²) in [7, 11) is 0. The van der Waals surface area contributed by atoms with E-state index < -0.39 is 0 Å². The number of hydrogen-bond acceptors (Lipinski definition) is 3. The number of hydrogen-bond donors (Lipinski definition) is 3. The monoisotopic (exact) mass is 351 g/mol. The summed E-state index contributed by atoms with van der Waals surface area (Å²) in [5.41, 5.74) is 4.54. The lowest BCUT2D eigenvalue weighted by Crippen LogP contribution is -2.37. The van der Waals surface area contributed by atoms with Gasteiger partial charge < -0.3 is 20.7 Å².